The maximum Gasteiger partial charge on any atom is 0.276 e. The second-order valence-electron chi connectivity index (χ2n) is 6.20. The van der Waals surface area contributed by atoms with Crippen LogP contribution in [0.15, 0.2) is 58.4 Å². The number of β-amino-alcohol motifs (C(OH)–C–C–N with tert-alkyl or cyclic N) is 1. The molecule has 1 N–H and O–H groups in total. The van der Waals surface area contributed by atoms with Crippen LogP contribution in [0.3, 0.4) is 0 Å². The lowest BCUT2D eigenvalue weighted by atomic mass is 9.97. The molecule has 1 amide bonds. The van der Waals surface area contributed by atoms with Crippen LogP contribution in [0.5, 0.6) is 0 Å². The number of carbonyl (C=O) groups excluding carboxylic acids is 1. The van der Waals surface area contributed by atoms with E-state index < -0.39 is 6.10 Å². The van der Waals surface area contributed by atoms with E-state index in [1.54, 1.807) is 29.4 Å². The molecule has 8 heteroatoms. The molecule has 1 aromatic carbocycles. The Morgan fingerprint density at radius 1 is 1.22 bits per heavy atom. The number of rotatable bonds is 5. The van der Waals surface area contributed by atoms with Crippen LogP contribution < -0.4 is 0 Å². The van der Waals surface area contributed by atoms with E-state index in [4.69, 9.17) is 4.42 Å². The second kappa shape index (κ2) is 7.89. The van der Waals surface area contributed by atoms with Crippen molar-refractivity contribution in [1.29, 1.82) is 0 Å². The number of aromatic nitrogens is 3. The van der Waals surface area contributed by atoms with Crippen LogP contribution in [-0.4, -0.2) is 43.4 Å². The van der Waals surface area contributed by atoms with Gasteiger partial charge in [-0.05, 0) is 23.3 Å². The lowest BCUT2D eigenvalue weighted by Gasteiger charge is -2.32. The molecule has 0 radical (unpaired) electrons. The topological polar surface area (TPSA) is 92.3 Å². The number of nitrogens with zero attached hydrogens (tertiary/aromatic N) is 4. The molecule has 0 bridgehead atoms. The van der Waals surface area contributed by atoms with E-state index in [0.717, 1.165) is 16.7 Å². The summed E-state index contributed by atoms with van der Waals surface area (Å²) in [7, 11) is 0. The average Bonchev–Trinajstić information content (AvgIpc) is 3.17. The van der Waals surface area contributed by atoms with Gasteiger partial charge in [-0.2, -0.15) is 0 Å². The molecule has 0 spiro atoms. The Bertz CT molecular complexity index is 931. The first kappa shape index (κ1) is 17.7. The Morgan fingerprint density at radius 2 is 2.04 bits per heavy atom. The Kier molecular flexibility index (Phi) is 5.17. The van der Waals surface area contributed by atoms with Crippen molar-refractivity contribution in [1.82, 2.24) is 20.1 Å². The number of hydrogen-bond acceptors (Lipinski definition) is 7. The van der Waals surface area contributed by atoms with Gasteiger partial charge in [-0.15, -0.1) is 10.2 Å². The quantitative estimate of drug-likeness (QED) is 0.678. The summed E-state index contributed by atoms with van der Waals surface area (Å²) in [6.45, 7) is 0.858. The highest BCUT2D eigenvalue weighted by Gasteiger charge is 2.26. The van der Waals surface area contributed by atoms with Gasteiger partial charge in [0.15, 0.2) is 0 Å². The van der Waals surface area contributed by atoms with Gasteiger partial charge in [-0.1, -0.05) is 36.0 Å². The number of thioether (sulfide) groups is 1. The average molecular weight is 382 g/mol. The van der Waals surface area contributed by atoms with Gasteiger partial charge in [0.05, 0.1) is 12.6 Å². The fourth-order valence-corrected chi connectivity index (χ4v) is 3.72. The van der Waals surface area contributed by atoms with Crippen molar-refractivity contribution < 1.29 is 14.3 Å². The van der Waals surface area contributed by atoms with Crippen molar-refractivity contribution in [3.05, 3.63) is 59.9 Å². The highest BCUT2D eigenvalue weighted by atomic mass is 32.2. The monoisotopic (exact) mass is 382 g/mol. The van der Waals surface area contributed by atoms with Gasteiger partial charge in [0.2, 0.25) is 11.8 Å². The molecule has 1 aliphatic heterocycles. The predicted molar refractivity (Wildman–Crippen MR) is 99.7 cm³/mol. The van der Waals surface area contributed by atoms with Crippen molar-refractivity contribution in [2.24, 2.45) is 0 Å². The van der Waals surface area contributed by atoms with Crippen molar-refractivity contribution in [3.8, 4) is 11.5 Å². The molecule has 1 atom stereocenters. The first-order chi connectivity index (χ1) is 13.2. The highest BCUT2D eigenvalue weighted by Crippen LogP contribution is 2.27. The normalized spacial score (nSPS) is 16.2. The summed E-state index contributed by atoms with van der Waals surface area (Å²) in [5.41, 5.74) is 2.71. The third-order valence-corrected chi connectivity index (χ3v) is 5.22. The summed E-state index contributed by atoms with van der Waals surface area (Å²) in [5.74, 6) is 0.970. The van der Waals surface area contributed by atoms with Crippen molar-refractivity contribution >= 4 is 17.7 Å². The van der Waals surface area contributed by atoms with E-state index in [9.17, 15) is 9.90 Å². The lowest BCUT2D eigenvalue weighted by molar-refractivity contribution is -0.133. The molecule has 0 saturated heterocycles. The molecule has 3 heterocycles. The SMILES string of the molecule is O=C(CCSc1nnc(-c2ccncc2)o1)N1Cc2ccccc2[C@H](O)C1. The summed E-state index contributed by atoms with van der Waals surface area (Å²) in [5, 5.41) is 18.7. The lowest BCUT2D eigenvalue weighted by Crippen LogP contribution is -2.38. The Morgan fingerprint density at radius 3 is 2.89 bits per heavy atom. The number of amides is 1. The molecule has 7 nitrogen and oxygen atoms in total. The first-order valence-electron chi connectivity index (χ1n) is 8.61. The zero-order chi connectivity index (χ0) is 18.6. The number of fused-ring (bicyclic) bond motifs is 1. The van der Waals surface area contributed by atoms with Gasteiger partial charge < -0.3 is 14.4 Å². The van der Waals surface area contributed by atoms with E-state index in [1.807, 2.05) is 24.3 Å². The van der Waals surface area contributed by atoms with Crippen LogP contribution in [-0.2, 0) is 11.3 Å². The molecule has 4 rings (SSSR count). The van der Waals surface area contributed by atoms with Crippen molar-refractivity contribution in [3.63, 3.8) is 0 Å². The molecule has 0 unspecified atom stereocenters. The maximum absolute atomic E-state index is 12.5. The molecule has 0 aliphatic carbocycles. The number of pyridine rings is 1. The van der Waals surface area contributed by atoms with Crippen LogP contribution in [0.1, 0.15) is 23.7 Å². The summed E-state index contributed by atoms with van der Waals surface area (Å²) < 4.78 is 5.61. The van der Waals surface area contributed by atoms with Gasteiger partial charge in [0.1, 0.15) is 0 Å². The van der Waals surface area contributed by atoms with Crippen LogP contribution in [0.2, 0.25) is 0 Å². The van der Waals surface area contributed by atoms with E-state index in [0.29, 0.717) is 36.4 Å². The van der Waals surface area contributed by atoms with Crippen molar-refractivity contribution in [2.45, 2.75) is 24.3 Å². The Labute approximate surface area is 160 Å². The summed E-state index contributed by atoms with van der Waals surface area (Å²) in [6.07, 6.45) is 3.03. The third kappa shape index (κ3) is 4.01. The molecule has 3 aromatic rings. The Hall–Kier alpha value is -2.71. The summed E-state index contributed by atoms with van der Waals surface area (Å²) in [6, 6.07) is 11.3. The van der Waals surface area contributed by atoms with Crippen LogP contribution >= 0.6 is 11.8 Å². The van der Waals surface area contributed by atoms with E-state index >= 15 is 0 Å². The van der Waals surface area contributed by atoms with Gasteiger partial charge >= 0.3 is 0 Å². The standard InChI is InChI=1S/C19H18N4O3S/c24-16-12-23(11-14-3-1-2-4-15(14)16)17(25)7-10-27-19-22-21-18(26-19)13-5-8-20-9-6-13/h1-6,8-9,16,24H,7,10-12H2/t16-/m1/s1. The van der Waals surface area contributed by atoms with Crippen LogP contribution in [0.4, 0.5) is 0 Å². The minimum absolute atomic E-state index is 0.00456. The van der Waals surface area contributed by atoms with Crippen LogP contribution in [0.25, 0.3) is 11.5 Å². The summed E-state index contributed by atoms with van der Waals surface area (Å²) >= 11 is 1.35. The van der Waals surface area contributed by atoms with E-state index in [-0.39, 0.29) is 5.91 Å². The molecule has 0 saturated carbocycles. The molecule has 138 valence electrons. The zero-order valence-corrected chi connectivity index (χ0v) is 15.3. The maximum atomic E-state index is 12.5. The summed E-state index contributed by atoms with van der Waals surface area (Å²) in [4.78, 5) is 18.2. The second-order valence-corrected chi connectivity index (χ2v) is 7.24. The van der Waals surface area contributed by atoms with Gasteiger partial charge in [-0.25, -0.2) is 0 Å². The molecule has 27 heavy (non-hydrogen) atoms. The predicted octanol–water partition coefficient (Wildman–Crippen LogP) is 2.69. The molecule has 0 fully saturated rings. The van der Waals surface area contributed by atoms with Gasteiger partial charge in [-0.3, -0.25) is 9.78 Å². The van der Waals surface area contributed by atoms with E-state index in [2.05, 4.69) is 15.2 Å². The largest absolute Gasteiger partial charge is 0.411 e. The van der Waals surface area contributed by atoms with Gasteiger partial charge in [0.25, 0.3) is 5.22 Å². The third-order valence-electron chi connectivity index (χ3n) is 4.40. The molecule has 2 aromatic heterocycles. The van der Waals surface area contributed by atoms with Crippen molar-refractivity contribution in [2.75, 3.05) is 12.3 Å². The molecular formula is C19H18N4O3S. The first-order valence-corrected chi connectivity index (χ1v) is 9.59. The minimum Gasteiger partial charge on any atom is -0.411 e. The number of aliphatic hydroxyl groups is 1. The molecular weight excluding hydrogens is 364 g/mol. The fraction of sp³-hybridized carbons (Fsp3) is 0.263. The smallest absolute Gasteiger partial charge is 0.276 e. The highest BCUT2D eigenvalue weighted by molar-refractivity contribution is 7.99. The van der Waals surface area contributed by atoms with E-state index in [1.165, 1.54) is 11.8 Å². The Balaban J connectivity index is 1.31. The van der Waals surface area contributed by atoms with Crippen LogP contribution in [0, 0.1) is 0 Å². The fourth-order valence-electron chi connectivity index (χ4n) is 3.03. The number of carbonyl (C=O) groups is 1. The number of hydrogen-bond donors (Lipinski definition) is 1. The van der Waals surface area contributed by atoms with Gasteiger partial charge in [0, 0.05) is 36.7 Å². The number of benzene rings is 1. The molecule has 1 aliphatic rings. The number of aliphatic hydroxyl groups excluding tert-OH is 1. The zero-order valence-electron chi connectivity index (χ0n) is 14.5. The minimum atomic E-state index is -0.634.